The molecule has 2 aromatic carbocycles. The molecule has 1 N–H and O–H groups in total. The molecule has 1 aliphatic heterocycles. The molecule has 0 saturated heterocycles. The first-order chi connectivity index (χ1) is 12.4. The third kappa shape index (κ3) is 3.89. The Hall–Kier alpha value is -2.38. The fourth-order valence-corrected chi connectivity index (χ4v) is 4.12. The summed E-state index contributed by atoms with van der Waals surface area (Å²) in [5.74, 6) is 0.795. The van der Waals surface area contributed by atoms with Crippen LogP contribution in [0.25, 0.3) is 0 Å². The van der Waals surface area contributed by atoms with Gasteiger partial charge in [-0.15, -0.1) is 0 Å². The first-order valence-electron chi connectivity index (χ1n) is 8.43. The fraction of sp³-hybridized carbons (Fsp3) is 0.316. The number of methoxy groups -OCH3 is 1. The number of benzene rings is 2. The third-order valence-electron chi connectivity index (χ3n) is 4.54. The van der Waals surface area contributed by atoms with Crippen LogP contribution in [-0.2, 0) is 27.7 Å². The van der Waals surface area contributed by atoms with Crippen molar-refractivity contribution in [1.82, 2.24) is 4.72 Å². The van der Waals surface area contributed by atoms with E-state index in [4.69, 9.17) is 4.74 Å². The van der Waals surface area contributed by atoms with Crippen molar-refractivity contribution in [3.8, 4) is 5.75 Å². The molecule has 0 fully saturated rings. The lowest BCUT2D eigenvalue weighted by Crippen LogP contribution is -2.31. The minimum Gasteiger partial charge on any atom is -0.497 e. The van der Waals surface area contributed by atoms with Crippen LogP contribution in [0.4, 0.5) is 5.69 Å². The van der Waals surface area contributed by atoms with E-state index in [1.54, 1.807) is 37.3 Å². The molecule has 0 aliphatic carbocycles. The van der Waals surface area contributed by atoms with Crippen molar-refractivity contribution >= 4 is 21.6 Å². The monoisotopic (exact) mass is 374 g/mol. The number of hydrogen-bond acceptors (Lipinski definition) is 4. The Kier molecular flexibility index (Phi) is 5.29. The number of nitrogens with zero attached hydrogens (tertiary/aromatic N) is 1. The Balaban J connectivity index is 1.69. The standard InChI is InChI=1S/C19H22N2O4S/c1-21-18-8-7-17(13-15(18)6-9-19(21)22)26(23,24)20-11-10-14-4-3-5-16(12-14)25-2/h3-5,7-8,12-13,20H,6,9-11H2,1-2H3. The van der Waals surface area contributed by atoms with Crippen molar-refractivity contribution in [2.45, 2.75) is 24.2 Å². The summed E-state index contributed by atoms with van der Waals surface area (Å²) >= 11 is 0. The summed E-state index contributed by atoms with van der Waals surface area (Å²) in [4.78, 5) is 13.5. The molecule has 6 nitrogen and oxygen atoms in total. The van der Waals surface area contributed by atoms with E-state index >= 15 is 0 Å². The zero-order valence-corrected chi connectivity index (χ0v) is 15.7. The molecule has 7 heteroatoms. The van der Waals surface area contributed by atoms with Crippen LogP contribution in [0.2, 0.25) is 0 Å². The molecule has 0 aromatic heterocycles. The maximum absolute atomic E-state index is 12.6. The van der Waals surface area contributed by atoms with Gasteiger partial charge in [0.05, 0.1) is 12.0 Å². The van der Waals surface area contributed by atoms with Gasteiger partial charge in [0.15, 0.2) is 0 Å². The van der Waals surface area contributed by atoms with Gasteiger partial charge in [0.2, 0.25) is 15.9 Å². The van der Waals surface area contributed by atoms with Gasteiger partial charge in [0.25, 0.3) is 0 Å². The van der Waals surface area contributed by atoms with Crippen LogP contribution >= 0.6 is 0 Å². The lowest BCUT2D eigenvalue weighted by molar-refractivity contribution is -0.118. The lowest BCUT2D eigenvalue weighted by atomic mass is 10.0. The summed E-state index contributed by atoms with van der Waals surface area (Å²) < 4.78 is 32.9. The van der Waals surface area contributed by atoms with Crippen LogP contribution in [0.3, 0.4) is 0 Å². The predicted molar refractivity (Wildman–Crippen MR) is 100 cm³/mol. The van der Waals surface area contributed by atoms with Gasteiger partial charge in [0.1, 0.15) is 5.75 Å². The van der Waals surface area contributed by atoms with E-state index in [0.29, 0.717) is 25.8 Å². The molecule has 0 spiro atoms. The van der Waals surface area contributed by atoms with Gasteiger partial charge in [-0.2, -0.15) is 0 Å². The number of nitrogens with one attached hydrogen (secondary N) is 1. The summed E-state index contributed by atoms with van der Waals surface area (Å²) in [7, 11) is -0.286. The number of fused-ring (bicyclic) bond motifs is 1. The lowest BCUT2D eigenvalue weighted by Gasteiger charge is -2.26. The van der Waals surface area contributed by atoms with Crippen molar-refractivity contribution in [3.63, 3.8) is 0 Å². The van der Waals surface area contributed by atoms with E-state index in [0.717, 1.165) is 22.6 Å². The van der Waals surface area contributed by atoms with Crippen molar-refractivity contribution in [2.24, 2.45) is 0 Å². The highest BCUT2D eigenvalue weighted by Crippen LogP contribution is 2.28. The summed E-state index contributed by atoms with van der Waals surface area (Å²) in [6.07, 6.45) is 1.53. The van der Waals surface area contributed by atoms with E-state index in [2.05, 4.69) is 4.72 Å². The third-order valence-corrected chi connectivity index (χ3v) is 6.00. The van der Waals surface area contributed by atoms with Gasteiger partial charge in [-0.1, -0.05) is 12.1 Å². The quantitative estimate of drug-likeness (QED) is 0.840. The topological polar surface area (TPSA) is 75.7 Å². The maximum Gasteiger partial charge on any atom is 0.240 e. The van der Waals surface area contributed by atoms with Crippen molar-refractivity contribution in [2.75, 3.05) is 25.6 Å². The highest BCUT2D eigenvalue weighted by Gasteiger charge is 2.23. The number of carbonyl (C=O) groups excluding carboxylic acids is 1. The molecule has 3 rings (SSSR count). The second-order valence-electron chi connectivity index (χ2n) is 6.24. The Morgan fingerprint density at radius 1 is 1.15 bits per heavy atom. The van der Waals surface area contributed by atoms with Crippen molar-refractivity contribution in [3.05, 3.63) is 53.6 Å². The molecule has 0 saturated carbocycles. The van der Waals surface area contributed by atoms with Crippen LogP contribution < -0.4 is 14.4 Å². The largest absolute Gasteiger partial charge is 0.497 e. The molecule has 1 aliphatic rings. The molecular weight excluding hydrogens is 352 g/mol. The molecule has 2 aromatic rings. The first kappa shape index (κ1) is 18.4. The molecule has 0 radical (unpaired) electrons. The van der Waals surface area contributed by atoms with Crippen LogP contribution in [0.15, 0.2) is 47.4 Å². The number of rotatable bonds is 6. The first-order valence-corrected chi connectivity index (χ1v) is 9.91. The van der Waals surface area contributed by atoms with E-state index in [9.17, 15) is 13.2 Å². The number of aryl methyl sites for hydroxylation is 1. The van der Waals surface area contributed by atoms with Gasteiger partial charge in [0, 0.05) is 25.7 Å². The average molecular weight is 374 g/mol. The number of anilines is 1. The van der Waals surface area contributed by atoms with Gasteiger partial charge in [-0.3, -0.25) is 4.79 Å². The van der Waals surface area contributed by atoms with E-state index in [-0.39, 0.29) is 10.8 Å². The van der Waals surface area contributed by atoms with Crippen molar-refractivity contribution in [1.29, 1.82) is 0 Å². The fourth-order valence-electron chi connectivity index (χ4n) is 3.04. The van der Waals surface area contributed by atoms with Crippen molar-refractivity contribution < 1.29 is 17.9 Å². The average Bonchev–Trinajstić information content (AvgIpc) is 2.64. The molecule has 1 amide bonds. The number of carbonyl (C=O) groups is 1. The molecule has 0 bridgehead atoms. The van der Waals surface area contributed by atoms with E-state index in [1.807, 2.05) is 24.3 Å². The Labute approximate surface area is 153 Å². The smallest absolute Gasteiger partial charge is 0.240 e. The number of hydrogen-bond donors (Lipinski definition) is 1. The van der Waals surface area contributed by atoms with E-state index < -0.39 is 10.0 Å². The highest BCUT2D eigenvalue weighted by molar-refractivity contribution is 7.89. The zero-order chi connectivity index (χ0) is 18.7. The van der Waals surface area contributed by atoms with Gasteiger partial charge in [-0.05, 0) is 54.3 Å². The summed E-state index contributed by atoms with van der Waals surface area (Å²) in [6.45, 7) is 0.297. The normalized spacial score (nSPS) is 14.2. The molecule has 0 atom stereocenters. The minimum absolute atomic E-state index is 0.0459. The Morgan fingerprint density at radius 3 is 2.73 bits per heavy atom. The second kappa shape index (κ2) is 7.47. The Morgan fingerprint density at radius 2 is 1.96 bits per heavy atom. The van der Waals surface area contributed by atoms with Crippen LogP contribution in [-0.4, -0.2) is 35.0 Å². The summed E-state index contributed by atoms with van der Waals surface area (Å²) in [5.41, 5.74) is 2.65. The molecule has 0 unspecified atom stereocenters. The minimum atomic E-state index is -3.60. The summed E-state index contributed by atoms with van der Waals surface area (Å²) in [5, 5.41) is 0. The number of amides is 1. The number of ether oxygens (including phenoxy) is 1. The molecule has 1 heterocycles. The van der Waals surface area contributed by atoms with Gasteiger partial charge < -0.3 is 9.64 Å². The molecular formula is C19H22N2O4S. The van der Waals surface area contributed by atoms with Crippen LogP contribution in [0.1, 0.15) is 17.5 Å². The maximum atomic E-state index is 12.6. The zero-order valence-electron chi connectivity index (χ0n) is 14.9. The molecule has 138 valence electrons. The SMILES string of the molecule is COc1cccc(CCNS(=O)(=O)c2ccc3c(c2)CCC(=O)N3C)c1. The van der Waals surface area contributed by atoms with Gasteiger partial charge >= 0.3 is 0 Å². The van der Waals surface area contributed by atoms with E-state index in [1.165, 1.54) is 0 Å². The summed E-state index contributed by atoms with van der Waals surface area (Å²) in [6, 6.07) is 12.5. The Bertz CT molecular complexity index is 925. The van der Waals surface area contributed by atoms with Crippen LogP contribution in [0.5, 0.6) is 5.75 Å². The molecule has 26 heavy (non-hydrogen) atoms. The number of sulfonamides is 1. The van der Waals surface area contributed by atoms with Crippen LogP contribution in [0, 0.1) is 0 Å². The second-order valence-corrected chi connectivity index (χ2v) is 8.01. The van der Waals surface area contributed by atoms with Gasteiger partial charge in [-0.25, -0.2) is 13.1 Å². The predicted octanol–water partition coefficient (Wildman–Crippen LogP) is 2.13. The highest BCUT2D eigenvalue weighted by atomic mass is 32.2.